The molecular formula is C40H44N6O3. The Morgan fingerprint density at radius 3 is 2.37 bits per heavy atom. The molecule has 252 valence electrons. The van der Waals surface area contributed by atoms with E-state index >= 15 is 0 Å². The lowest BCUT2D eigenvalue weighted by molar-refractivity contribution is -0.131. The number of methoxy groups -OCH3 is 1. The first-order valence-electron chi connectivity index (χ1n) is 17.6. The highest BCUT2D eigenvalue weighted by Crippen LogP contribution is 2.53. The van der Waals surface area contributed by atoms with Crippen LogP contribution in [0.2, 0.25) is 0 Å². The summed E-state index contributed by atoms with van der Waals surface area (Å²) in [5.74, 6) is 0.626. The van der Waals surface area contributed by atoms with Gasteiger partial charge in [0.2, 0.25) is 5.91 Å². The Hall–Kier alpha value is -4.92. The number of carbonyl (C=O) groups excluding carboxylic acids is 2. The molecule has 3 aromatic carbocycles. The smallest absolute Gasteiger partial charge is 0.407 e. The highest BCUT2D eigenvalue weighted by atomic mass is 16.5. The molecule has 1 aromatic heterocycles. The van der Waals surface area contributed by atoms with Crippen molar-refractivity contribution >= 4 is 24.0 Å². The summed E-state index contributed by atoms with van der Waals surface area (Å²) in [5.41, 5.74) is 12.7. The number of nitrogens with zero attached hydrogens (tertiary/aromatic N) is 3. The molecule has 1 saturated carbocycles. The van der Waals surface area contributed by atoms with Gasteiger partial charge in [0, 0.05) is 17.8 Å². The Labute approximate surface area is 287 Å². The van der Waals surface area contributed by atoms with Gasteiger partial charge in [-0.15, -0.1) is 0 Å². The number of H-pyrrole nitrogens is 1. The molecule has 2 fully saturated rings. The molecule has 0 radical (unpaired) electrons. The molecular weight excluding hydrogens is 612 g/mol. The second-order valence-corrected chi connectivity index (χ2v) is 14.8. The van der Waals surface area contributed by atoms with Crippen molar-refractivity contribution in [3.8, 4) is 33.5 Å². The van der Waals surface area contributed by atoms with Gasteiger partial charge in [0.25, 0.3) is 0 Å². The van der Waals surface area contributed by atoms with Crippen LogP contribution in [0.4, 0.5) is 10.5 Å². The van der Waals surface area contributed by atoms with E-state index in [9.17, 15) is 9.59 Å². The van der Waals surface area contributed by atoms with E-state index in [4.69, 9.17) is 0 Å². The van der Waals surface area contributed by atoms with Gasteiger partial charge in [-0.3, -0.25) is 9.79 Å². The van der Waals surface area contributed by atoms with Crippen molar-refractivity contribution in [1.29, 1.82) is 0 Å². The number of hydrogen-bond acceptors (Lipinski definition) is 6. The number of imidazole rings is 1. The molecule has 1 atom stereocenters. The van der Waals surface area contributed by atoms with Gasteiger partial charge in [0.05, 0.1) is 36.9 Å². The normalized spacial score (nSPS) is 19.8. The number of hydrogen-bond donors (Lipinski definition) is 3. The third-order valence-corrected chi connectivity index (χ3v) is 11.4. The van der Waals surface area contributed by atoms with Gasteiger partial charge in [0.1, 0.15) is 12.4 Å². The minimum absolute atomic E-state index is 0.0951. The number of aromatic nitrogens is 2. The summed E-state index contributed by atoms with van der Waals surface area (Å²) in [6, 6.07) is 20.2. The van der Waals surface area contributed by atoms with Crippen LogP contribution in [-0.4, -0.2) is 53.4 Å². The van der Waals surface area contributed by atoms with Crippen LogP contribution in [0.5, 0.6) is 0 Å². The number of amides is 2. The fraction of sp³-hybridized carbons (Fsp3) is 0.400. The van der Waals surface area contributed by atoms with E-state index in [1.165, 1.54) is 71.7 Å². The van der Waals surface area contributed by atoms with Crippen molar-refractivity contribution in [2.24, 2.45) is 10.4 Å². The van der Waals surface area contributed by atoms with Gasteiger partial charge >= 0.3 is 6.09 Å². The number of anilines is 1. The summed E-state index contributed by atoms with van der Waals surface area (Å²) in [6.45, 7) is 4.87. The number of nitrogens with one attached hydrogen (secondary N) is 3. The number of benzene rings is 3. The second-order valence-electron chi connectivity index (χ2n) is 14.8. The number of rotatable bonds is 6. The molecule has 2 amide bonds. The van der Waals surface area contributed by atoms with E-state index in [0.29, 0.717) is 12.0 Å². The predicted molar refractivity (Wildman–Crippen MR) is 192 cm³/mol. The average Bonchev–Trinajstić information content (AvgIpc) is 3.94. The summed E-state index contributed by atoms with van der Waals surface area (Å²) >= 11 is 0. The Balaban J connectivity index is 1.06. The monoisotopic (exact) mass is 656 g/mol. The zero-order valence-electron chi connectivity index (χ0n) is 28.6. The lowest BCUT2D eigenvalue weighted by atomic mass is 9.82. The molecule has 0 bridgehead atoms. The number of alkyl carbamates (subject to hydrolysis) is 1. The largest absolute Gasteiger partial charge is 0.453 e. The lowest BCUT2D eigenvalue weighted by Crippen LogP contribution is -2.40. The summed E-state index contributed by atoms with van der Waals surface area (Å²) < 4.78 is 4.61. The summed E-state index contributed by atoms with van der Waals surface area (Å²) in [6.07, 6.45) is 12.4. The molecule has 1 spiro atoms. The summed E-state index contributed by atoms with van der Waals surface area (Å²) in [5, 5.41) is 5.90. The maximum Gasteiger partial charge on any atom is 0.407 e. The molecule has 49 heavy (non-hydrogen) atoms. The van der Waals surface area contributed by atoms with Gasteiger partial charge in [-0.2, -0.15) is 0 Å². The van der Waals surface area contributed by atoms with Gasteiger partial charge in [-0.1, -0.05) is 61.4 Å². The quantitative estimate of drug-likeness (QED) is 0.196. The molecule has 8 rings (SSSR count). The summed E-state index contributed by atoms with van der Waals surface area (Å²) in [4.78, 5) is 38.9. The topological polar surface area (TPSA) is 112 Å². The standard InChI is InChI=1S/C40H44N6O3/c1-39(2)32-15-12-27(19-33(32)43-24-44-39)29-14-13-28(30-20-40(21-31(29)30)16-4-5-17-40)25-8-10-26(11-9-25)34-22-41-37(45-34)35-7-6-18-46(35)36(47)23-42-38(48)49-3/h8-15,19,22,24,35H,4-7,16-18,20-21,23H2,1-3H3,(H,41,45)(H,42,48)(H,43,44)/t35-/m0/s1. The molecule has 3 heterocycles. The van der Waals surface area contributed by atoms with Crippen LogP contribution in [0, 0.1) is 5.41 Å². The van der Waals surface area contributed by atoms with Crippen molar-refractivity contribution in [2.45, 2.75) is 76.8 Å². The Kier molecular flexibility index (Phi) is 7.81. The first-order valence-corrected chi connectivity index (χ1v) is 17.6. The molecule has 4 aromatic rings. The van der Waals surface area contributed by atoms with Crippen LogP contribution in [0.15, 0.2) is 65.8 Å². The van der Waals surface area contributed by atoms with Crippen LogP contribution in [0.3, 0.4) is 0 Å². The molecule has 0 unspecified atom stereocenters. The fourth-order valence-corrected chi connectivity index (χ4v) is 8.78. The van der Waals surface area contributed by atoms with Crippen LogP contribution < -0.4 is 10.6 Å². The zero-order valence-corrected chi connectivity index (χ0v) is 28.6. The lowest BCUT2D eigenvalue weighted by Gasteiger charge is -2.28. The van der Waals surface area contributed by atoms with E-state index in [1.54, 1.807) is 4.90 Å². The Morgan fingerprint density at radius 1 is 0.939 bits per heavy atom. The minimum Gasteiger partial charge on any atom is -0.453 e. The van der Waals surface area contributed by atoms with E-state index in [1.807, 2.05) is 12.5 Å². The number of ether oxygens (including phenoxy) is 1. The fourth-order valence-electron chi connectivity index (χ4n) is 8.78. The second kappa shape index (κ2) is 12.2. The Bertz CT molecular complexity index is 1950. The minimum atomic E-state index is -0.612. The van der Waals surface area contributed by atoms with Crippen LogP contribution >= 0.6 is 0 Å². The molecule has 4 aliphatic rings. The van der Waals surface area contributed by atoms with Crippen LogP contribution in [0.1, 0.15) is 80.9 Å². The molecule has 2 aliphatic carbocycles. The van der Waals surface area contributed by atoms with Gasteiger partial charge in [0.15, 0.2) is 0 Å². The number of likely N-dealkylation sites (tertiary alicyclic amines) is 1. The van der Waals surface area contributed by atoms with Crippen LogP contribution in [0.25, 0.3) is 33.5 Å². The van der Waals surface area contributed by atoms with E-state index in [-0.39, 0.29) is 24.0 Å². The highest BCUT2D eigenvalue weighted by molar-refractivity contribution is 5.86. The third-order valence-electron chi connectivity index (χ3n) is 11.4. The number of fused-ring (bicyclic) bond motifs is 2. The van der Waals surface area contributed by atoms with Crippen molar-refractivity contribution in [3.63, 3.8) is 0 Å². The maximum atomic E-state index is 12.8. The third kappa shape index (κ3) is 5.69. The van der Waals surface area contributed by atoms with Crippen molar-refractivity contribution in [3.05, 3.63) is 83.3 Å². The van der Waals surface area contributed by atoms with Gasteiger partial charge in [-0.05, 0) is 103 Å². The first kappa shape index (κ1) is 31.4. The molecule has 2 aliphatic heterocycles. The summed E-state index contributed by atoms with van der Waals surface area (Å²) in [7, 11) is 1.29. The average molecular weight is 657 g/mol. The van der Waals surface area contributed by atoms with E-state index < -0.39 is 6.09 Å². The number of aromatic amines is 1. The number of aliphatic imine (C=N–C) groups is 1. The highest BCUT2D eigenvalue weighted by Gasteiger charge is 2.42. The SMILES string of the molecule is COC(=O)NCC(=O)N1CCC[C@H]1c1ncc(-c2ccc(-c3ccc(-c4ccc5c(c4)NC=NC5(C)C)c4c3CC3(CCCC3)C4)cc2)[nH]1. The Morgan fingerprint density at radius 2 is 1.63 bits per heavy atom. The maximum absolute atomic E-state index is 12.8. The van der Waals surface area contributed by atoms with Gasteiger partial charge < -0.3 is 25.3 Å². The van der Waals surface area contributed by atoms with Gasteiger partial charge in [-0.25, -0.2) is 9.78 Å². The van der Waals surface area contributed by atoms with Crippen molar-refractivity contribution in [2.75, 3.05) is 25.5 Å². The predicted octanol–water partition coefficient (Wildman–Crippen LogP) is 7.78. The first-order chi connectivity index (χ1) is 23.7. The molecule has 1 saturated heterocycles. The zero-order chi connectivity index (χ0) is 33.8. The number of carbonyl (C=O) groups is 2. The van der Waals surface area contributed by atoms with Crippen LogP contribution in [-0.2, 0) is 27.9 Å². The molecule has 9 heteroatoms. The van der Waals surface area contributed by atoms with Crippen molar-refractivity contribution in [1.82, 2.24) is 20.2 Å². The molecule has 9 nitrogen and oxygen atoms in total. The van der Waals surface area contributed by atoms with Crippen molar-refractivity contribution < 1.29 is 14.3 Å². The van der Waals surface area contributed by atoms with E-state index in [0.717, 1.165) is 48.5 Å². The molecule has 3 N–H and O–H groups in total. The van der Waals surface area contributed by atoms with E-state index in [2.05, 4.69) is 98.8 Å².